The molecule has 33 heavy (non-hydrogen) atoms. The van der Waals surface area contributed by atoms with Gasteiger partial charge in [-0.15, -0.1) is 0 Å². The first-order valence-corrected chi connectivity index (χ1v) is 10.2. The summed E-state index contributed by atoms with van der Waals surface area (Å²) < 4.78 is 19.3. The van der Waals surface area contributed by atoms with Crippen LogP contribution < -0.4 is 4.74 Å². The Morgan fingerprint density at radius 2 is 1.82 bits per heavy atom. The molecule has 0 spiro atoms. The largest absolute Gasteiger partial charge is 0.497 e. The number of nitrogens with zero attached hydrogens (tertiary/aromatic N) is 5. The maximum atomic E-state index is 14.1. The smallest absolute Gasteiger partial charge is 0.162 e. The summed E-state index contributed by atoms with van der Waals surface area (Å²) in [4.78, 5) is 21.5. The Morgan fingerprint density at radius 1 is 0.879 bits per heavy atom. The number of ether oxygens (including phenoxy) is 1. The Hall–Kier alpha value is -4.66. The van der Waals surface area contributed by atoms with E-state index in [0.717, 1.165) is 22.5 Å². The lowest BCUT2D eigenvalue weighted by atomic mass is 10.1. The van der Waals surface area contributed by atoms with Gasteiger partial charge < -0.3 is 9.72 Å². The zero-order valence-electron chi connectivity index (χ0n) is 17.4. The summed E-state index contributed by atoms with van der Waals surface area (Å²) in [5, 5.41) is 7.43. The van der Waals surface area contributed by atoms with Gasteiger partial charge in [0.2, 0.25) is 0 Å². The van der Waals surface area contributed by atoms with E-state index in [2.05, 4.69) is 25.1 Å². The van der Waals surface area contributed by atoms with Crippen LogP contribution in [0.1, 0.15) is 0 Å². The number of benzene rings is 1. The number of rotatable bonds is 4. The summed E-state index contributed by atoms with van der Waals surface area (Å²) in [5.74, 6) is 0.537. The SMILES string of the molecule is COc1cc(F)cc(-c2ccnc3[nH]c(-c4n[nH]c5ccc(-c6ccccn6)nc45)nc23)c1. The quantitative estimate of drug-likeness (QED) is 0.411. The Morgan fingerprint density at radius 3 is 2.67 bits per heavy atom. The minimum Gasteiger partial charge on any atom is -0.497 e. The van der Waals surface area contributed by atoms with Crippen molar-refractivity contribution in [1.82, 2.24) is 35.1 Å². The van der Waals surface area contributed by atoms with Crippen molar-refractivity contribution in [3.63, 3.8) is 0 Å². The van der Waals surface area contributed by atoms with Gasteiger partial charge in [-0.1, -0.05) is 6.07 Å². The number of hydrogen-bond acceptors (Lipinski definition) is 6. The van der Waals surface area contributed by atoms with E-state index in [1.807, 2.05) is 30.3 Å². The summed E-state index contributed by atoms with van der Waals surface area (Å²) in [7, 11) is 1.50. The highest BCUT2D eigenvalue weighted by molar-refractivity contribution is 5.95. The average Bonchev–Trinajstić information content (AvgIpc) is 3.47. The number of hydrogen-bond donors (Lipinski definition) is 2. The molecular weight excluding hydrogens is 421 g/mol. The molecule has 0 saturated carbocycles. The van der Waals surface area contributed by atoms with Gasteiger partial charge in [-0.3, -0.25) is 10.1 Å². The van der Waals surface area contributed by atoms with E-state index in [1.54, 1.807) is 24.5 Å². The van der Waals surface area contributed by atoms with E-state index in [4.69, 9.17) is 14.7 Å². The second-order valence-corrected chi connectivity index (χ2v) is 7.40. The van der Waals surface area contributed by atoms with E-state index in [1.165, 1.54) is 19.2 Å². The highest BCUT2D eigenvalue weighted by Gasteiger charge is 2.18. The van der Waals surface area contributed by atoms with Crippen LogP contribution in [0.3, 0.4) is 0 Å². The molecule has 0 radical (unpaired) electrons. The van der Waals surface area contributed by atoms with Crippen molar-refractivity contribution in [2.75, 3.05) is 7.11 Å². The molecule has 160 valence electrons. The van der Waals surface area contributed by atoms with Gasteiger partial charge in [-0.25, -0.2) is 19.3 Å². The average molecular weight is 437 g/mol. The molecule has 1 aromatic carbocycles. The van der Waals surface area contributed by atoms with Crippen molar-refractivity contribution in [2.45, 2.75) is 0 Å². The second kappa shape index (κ2) is 7.49. The lowest BCUT2D eigenvalue weighted by Gasteiger charge is -2.06. The fourth-order valence-corrected chi connectivity index (χ4v) is 3.81. The molecule has 5 heterocycles. The van der Waals surface area contributed by atoms with E-state index in [-0.39, 0.29) is 0 Å². The van der Waals surface area contributed by atoms with E-state index in [9.17, 15) is 4.39 Å². The zero-order chi connectivity index (χ0) is 22.4. The molecule has 0 bridgehead atoms. The topological polar surface area (TPSA) is 105 Å². The molecule has 8 nitrogen and oxygen atoms in total. The van der Waals surface area contributed by atoms with Crippen molar-refractivity contribution in [1.29, 1.82) is 0 Å². The van der Waals surface area contributed by atoms with Crippen LogP contribution in [0.25, 0.3) is 56.2 Å². The Balaban J connectivity index is 1.50. The summed E-state index contributed by atoms with van der Waals surface area (Å²) in [6.07, 6.45) is 3.38. The third kappa shape index (κ3) is 3.26. The standard InChI is InChI=1S/C24H16FN7O/c1-33-15-11-13(10-14(25)12-15)16-7-9-27-23-20(16)29-24(30-23)22-21-19(31-32-22)6-5-18(28-21)17-4-2-3-8-26-17/h2-12H,1H3,(H,31,32)(H,27,29,30). The van der Waals surface area contributed by atoms with Gasteiger partial charge in [-0.2, -0.15) is 5.10 Å². The number of aromatic amines is 2. The molecule has 0 saturated heterocycles. The molecule has 0 aliphatic rings. The highest BCUT2D eigenvalue weighted by atomic mass is 19.1. The lowest BCUT2D eigenvalue weighted by molar-refractivity contribution is 0.411. The monoisotopic (exact) mass is 437 g/mol. The van der Waals surface area contributed by atoms with Gasteiger partial charge in [0.1, 0.15) is 22.6 Å². The number of halogens is 1. The van der Waals surface area contributed by atoms with Crippen LogP contribution >= 0.6 is 0 Å². The first-order chi connectivity index (χ1) is 16.2. The van der Waals surface area contributed by atoms with Crippen LogP contribution in [0.5, 0.6) is 5.75 Å². The highest BCUT2D eigenvalue weighted by Crippen LogP contribution is 2.32. The van der Waals surface area contributed by atoms with Gasteiger partial charge in [0, 0.05) is 24.0 Å². The summed E-state index contributed by atoms with van der Waals surface area (Å²) in [5.41, 5.74) is 6.00. The van der Waals surface area contributed by atoms with E-state index >= 15 is 0 Å². The molecule has 0 atom stereocenters. The third-order valence-corrected chi connectivity index (χ3v) is 5.36. The number of imidazole rings is 1. The van der Waals surface area contributed by atoms with Crippen LogP contribution in [-0.2, 0) is 0 Å². The third-order valence-electron chi connectivity index (χ3n) is 5.36. The fourth-order valence-electron chi connectivity index (χ4n) is 3.81. The molecule has 0 fully saturated rings. The molecule has 2 N–H and O–H groups in total. The number of methoxy groups -OCH3 is 1. The van der Waals surface area contributed by atoms with Crippen LogP contribution in [0.15, 0.2) is 67.0 Å². The lowest BCUT2D eigenvalue weighted by Crippen LogP contribution is -1.89. The molecule has 0 unspecified atom stereocenters. The Bertz CT molecular complexity index is 1620. The van der Waals surface area contributed by atoms with Crippen molar-refractivity contribution in [3.05, 3.63) is 72.8 Å². The molecule has 9 heteroatoms. The number of H-pyrrole nitrogens is 2. The number of aromatic nitrogens is 7. The van der Waals surface area contributed by atoms with E-state index < -0.39 is 5.82 Å². The van der Waals surface area contributed by atoms with Crippen LogP contribution in [0, 0.1) is 5.82 Å². The first kappa shape index (κ1) is 19.1. The maximum absolute atomic E-state index is 14.1. The molecule has 6 aromatic rings. The summed E-state index contributed by atoms with van der Waals surface area (Å²) in [6.45, 7) is 0. The minimum atomic E-state index is -0.394. The first-order valence-electron chi connectivity index (χ1n) is 10.2. The second-order valence-electron chi connectivity index (χ2n) is 7.40. The van der Waals surface area contributed by atoms with Gasteiger partial charge in [-0.05, 0) is 48.0 Å². The minimum absolute atomic E-state index is 0.394. The van der Waals surface area contributed by atoms with Gasteiger partial charge in [0.15, 0.2) is 17.2 Å². The van der Waals surface area contributed by atoms with Crippen molar-refractivity contribution in [2.24, 2.45) is 0 Å². The number of pyridine rings is 3. The van der Waals surface area contributed by atoms with Crippen molar-refractivity contribution in [3.8, 4) is 39.8 Å². The molecule has 0 aliphatic heterocycles. The van der Waals surface area contributed by atoms with Gasteiger partial charge in [0.05, 0.1) is 24.0 Å². The van der Waals surface area contributed by atoms with Crippen LogP contribution in [0.2, 0.25) is 0 Å². The predicted molar refractivity (Wildman–Crippen MR) is 122 cm³/mol. The van der Waals surface area contributed by atoms with Crippen LogP contribution in [-0.4, -0.2) is 42.2 Å². The Kier molecular flexibility index (Phi) is 4.32. The predicted octanol–water partition coefficient (Wildman–Crippen LogP) is 4.77. The molecule has 6 rings (SSSR count). The van der Waals surface area contributed by atoms with E-state index in [0.29, 0.717) is 39.5 Å². The van der Waals surface area contributed by atoms with Crippen molar-refractivity contribution < 1.29 is 9.13 Å². The number of fused-ring (bicyclic) bond motifs is 2. The van der Waals surface area contributed by atoms with Crippen molar-refractivity contribution >= 4 is 22.2 Å². The molecular formula is C24H16FN7O. The van der Waals surface area contributed by atoms with Crippen LogP contribution in [0.4, 0.5) is 4.39 Å². The van der Waals surface area contributed by atoms with Gasteiger partial charge in [0.25, 0.3) is 0 Å². The fraction of sp³-hybridized carbons (Fsp3) is 0.0417. The normalized spacial score (nSPS) is 11.3. The molecule has 0 amide bonds. The molecule has 0 aliphatic carbocycles. The summed E-state index contributed by atoms with van der Waals surface area (Å²) >= 11 is 0. The zero-order valence-corrected chi connectivity index (χ0v) is 17.4. The molecule has 5 aromatic heterocycles. The summed E-state index contributed by atoms with van der Waals surface area (Å²) in [6, 6.07) is 15.8. The number of nitrogens with one attached hydrogen (secondary N) is 2. The maximum Gasteiger partial charge on any atom is 0.162 e. The Labute approximate surface area is 186 Å². The van der Waals surface area contributed by atoms with Gasteiger partial charge >= 0.3 is 0 Å².